The van der Waals surface area contributed by atoms with Crippen LogP contribution in [0.15, 0.2) is 0 Å². The average Bonchev–Trinajstić information content (AvgIpc) is 2.15. The fourth-order valence-corrected chi connectivity index (χ4v) is 1.71. The van der Waals surface area contributed by atoms with E-state index in [0.29, 0.717) is 13.0 Å². The molecule has 1 unspecified atom stereocenters. The van der Waals surface area contributed by atoms with Gasteiger partial charge in [-0.05, 0) is 19.3 Å². The number of halogens is 3. The number of carboxylic acid groups (broad SMARTS) is 1. The highest BCUT2D eigenvalue weighted by Crippen LogP contribution is 2.37. The van der Waals surface area contributed by atoms with Crippen molar-refractivity contribution in [3.05, 3.63) is 0 Å². The van der Waals surface area contributed by atoms with E-state index in [1.807, 2.05) is 0 Å². The predicted molar refractivity (Wildman–Crippen MR) is 45.4 cm³/mol. The standard InChI is InChI=1S/C9H13F3O3/c10-9(11,12)4-3-8(7(13)14)2-1-5-15-6-8/h1-6H2,(H,13,14). The van der Waals surface area contributed by atoms with Gasteiger partial charge >= 0.3 is 12.1 Å². The van der Waals surface area contributed by atoms with Gasteiger partial charge in [-0.1, -0.05) is 0 Å². The Morgan fingerprint density at radius 1 is 1.47 bits per heavy atom. The van der Waals surface area contributed by atoms with Crippen molar-refractivity contribution in [3.63, 3.8) is 0 Å². The molecule has 1 N–H and O–H groups in total. The first-order chi connectivity index (χ1) is 6.86. The smallest absolute Gasteiger partial charge is 0.389 e. The molecule has 1 atom stereocenters. The van der Waals surface area contributed by atoms with Crippen molar-refractivity contribution < 1.29 is 27.8 Å². The summed E-state index contributed by atoms with van der Waals surface area (Å²) in [5.41, 5.74) is -1.34. The topological polar surface area (TPSA) is 46.5 Å². The first kappa shape index (κ1) is 12.3. The van der Waals surface area contributed by atoms with E-state index in [2.05, 4.69) is 0 Å². The van der Waals surface area contributed by atoms with Crippen LogP contribution in [0.25, 0.3) is 0 Å². The van der Waals surface area contributed by atoms with Crippen molar-refractivity contribution in [2.45, 2.75) is 31.9 Å². The van der Waals surface area contributed by atoms with E-state index < -0.39 is 30.4 Å². The third-order valence-corrected chi connectivity index (χ3v) is 2.66. The summed E-state index contributed by atoms with van der Waals surface area (Å²) >= 11 is 0. The second-order valence-corrected chi connectivity index (χ2v) is 3.86. The van der Waals surface area contributed by atoms with Gasteiger partial charge in [0, 0.05) is 13.0 Å². The monoisotopic (exact) mass is 226 g/mol. The van der Waals surface area contributed by atoms with Gasteiger partial charge in [0.15, 0.2) is 0 Å². The highest BCUT2D eigenvalue weighted by atomic mass is 19.4. The molecule has 0 amide bonds. The molecular weight excluding hydrogens is 213 g/mol. The molecule has 88 valence electrons. The quantitative estimate of drug-likeness (QED) is 0.802. The van der Waals surface area contributed by atoms with Crippen LogP contribution in [0.2, 0.25) is 0 Å². The Morgan fingerprint density at radius 3 is 2.53 bits per heavy atom. The number of aliphatic carboxylic acids is 1. The minimum absolute atomic E-state index is 0.113. The molecule has 0 aromatic carbocycles. The number of alkyl halides is 3. The van der Waals surface area contributed by atoms with Crippen molar-refractivity contribution in [1.82, 2.24) is 0 Å². The maximum atomic E-state index is 12.0. The molecular formula is C9H13F3O3. The van der Waals surface area contributed by atoms with Gasteiger partial charge in [-0.15, -0.1) is 0 Å². The van der Waals surface area contributed by atoms with E-state index in [-0.39, 0.29) is 13.0 Å². The molecule has 1 aliphatic heterocycles. The van der Waals surface area contributed by atoms with Crippen LogP contribution in [-0.2, 0) is 9.53 Å². The zero-order chi connectivity index (χ0) is 11.5. The van der Waals surface area contributed by atoms with Crippen LogP contribution in [0.3, 0.4) is 0 Å². The number of ether oxygens (including phenoxy) is 1. The Labute approximate surface area is 85.2 Å². The number of hydrogen-bond acceptors (Lipinski definition) is 2. The van der Waals surface area contributed by atoms with Crippen LogP contribution in [0.5, 0.6) is 0 Å². The van der Waals surface area contributed by atoms with Crippen LogP contribution < -0.4 is 0 Å². The first-order valence-electron chi connectivity index (χ1n) is 4.74. The molecule has 0 aliphatic carbocycles. The van der Waals surface area contributed by atoms with Crippen LogP contribution in [0.4, 0.5) is 13.2 Å². The van der Waals surface area contributed by atoms with Crippen LogP contribution >= 0.6 is 0 Å². The zero-order valence-electron chi connectivity index (χ0n) is 8.14. The van der Waals surface area contributed by atoms with E-state index in [1.165, 1.54) is 0 Å². The molecule has 15 heavy (non-hydrogen) atoms. The van der Waals surface area contributed by atoms with Crippen molar-refractivity contribution in [3.8, 4) is 0 Å². The second-order valence-electron chi connectivity index (χ2n) is 3.86. The van der Waals surface area contributed by atoms with Crippen LogP contribution in [0, 0.1) is 5.41 Å². The summed E-state index contributed by atoms with van der Waals surface area (Å²) in [7, 11) is 0. The third-order valence-electron chi connectivity index (χ3n) is 2.66. The molecule has 1 fully saturated rings. The summed E-state index contributed by atoms with van der Waals surface area (Å²) in [6.45, 7) is 0.319. The van der Waals surface area contributed by atoms with Gasteiger partial charge in [0.25, 0.3) is 0 Å². The number of carboxylic acids is 1. The fourth-order valence-electron chi connectivity index (χ4n) is 1.71. The largest absolute Gasteiger partial charge is 0.481 e. The SMILES string of the molecule is O=C(O)C1(CCC(F)(F)F)CCCOC1. The normalized spacial score (nSPS) is 27.7. The summed E-state index contributed by atoms with van der Waals surface area (Å²) in [4.78, 5) is 10.9. The van der Waals surface area contributed by atoms with Crippen molar-refractivity contribution in [2.24, 2.45) is 5.41 Å². The molecule has 0 aromatic rings. The summed E-state index contributed by atoms with van der Waals surface area (Å²) in [5, 5.41) is 8.94. The Morgan fingerprint density at radius 2 is 2.13 bits per heavy atom. The van der Waals surface area contributed by atoms with Crippen LogP contribution in [0.1, 0.15) is 25.7 Å². The van der Waals surface area contributed by atoms with Gasteiger partial charge in [0.05, 0.1) is 12.0 Å². The van der Waals surface area contributed by atoms with Gasteiger partial charge in [0.1, 0.15) is 0 Å². The summed E-state index contributed by atoms with van der Waals surface area (Å²) in [5.74, 6) is -1.19. The minimum atomic E-state index is -4.31. The molecule has 1 rings (SSSR count). The molecule has 1 heterocycles. The zero-order valence-corrected chi connectivity index (χ0v) is 8.14. The number of hydrogen-bond donors (Lipinski definition) is 1. The van der Waals surface area contributed by atoms with E-state index in [1.54, 1.807) is 0 Å². The number of carbonyl (C=O) groups is 1. The highest BCUT2D eigenvalue weighted by molar-refractivity contribution is 5.74. The van der Waals surface area contributed by atoms with Gasteiger partial charge in [0.2, 0.25) is 0 Å². The van der Waals surface area contributed by atoms with E-state index in [0.717, 1.165) is 0 Å². The number of rotatable bonds is 3. The lowest BCUT2D eigenvalue weighted by atomic mass is 9.78. The Kier molecular flexibility index (Phi) is 3.59. The molecule has 0 saturated carbocycles. The molecule has 6 heteroatoms. The average molecular weight is 226 g/mol. The Balaban J connectivity index is 2.61. The molecule has 0 radical (unpaired) electrons. The molecule has 0 spiro atoms. The molecule has 1 aliphatic rings. The van der Waals surface area contributed by atoms with Crippen molar-refractivity contribution in [1.29, 1.82) is 0 Å². The predicted octanol–water partition coefficient (Wildman–Crippen LogP) is 2.21. The third kappa shape index (κ3) is 3.37. The molecule has 1 saturated heterocycles. The van der Waals surface area contributed by atoms with E-state index in [4.69, 9.17) is 9.84 Å². The van der Waals surface area contributed by atoms with Crippen molar-refractivity contribution in [2.75, 3.05) is 13.2 Å². The summed E-state index contributed by atoms with van der Waals surface area (Å²) < 4.78 is 41.0. The van der Waals surface area contributed by atoms with Gasteiger partial charge < -0.3 is 9.84 Å². The van der Waals surface area contributed by atoms with E-state index >= 15 is 0 Å². The Bertz CT molecular complexity index is 231. The lowest BCUT2D eigenvalue weighted by Gasteiger charge is -2.33. The first-order valence-corrected chi connectivity index (χ1v) is 4.74. The molecule has 0 aromatic heterocycles. The summed E-state index contributed by atoms with van der Waals surface area (Å²) in [6, 6.07) is 0. The van der Waals surface area contributed by atoms with Gasteiger partial charge in [-0.2, -0.15) is 13.2 Å². The Hall–Kier alpha value is -0.780. The molecule has 3 nitrogen and oxygen atoms in total. The lowest BCUT2D eigenvalue weighted by molar-refractivity contribution is -0.167. The van der Waals surface area contributed by atoms with Gasteiger partial charge in [-0.3, -0.25) is 4.79 Å². The minimum Gasteiger partial charge on any atom is -0.481 e. The van der Waals surface area contributed by atoms with Crippen LogP contribution in [-0.4, -0.2) is 30.5 Å². The maximum absolute atomic E-state index is 12.0. The van der Waals surface area contributed by atoms with Gasteiger partial charge in [-0.25, -0.2) is 0 Å². The summed E-state index contributed by atoms with van der Waals surface area (Å²) in [6.07, 6.45) is -5.00. The maximum Gasteiger partial charge on any atom is 0.389 e. The van der Waals surface area contributed by atoms with E-state index in [9.17, 15) is 18.0 Å². The fraction of sp³-hybridized carbons (Fsp3) is 0.889. The van der Waals surface area contributed by atoms with Crippen molar-refractivity contribution >= 4 is 5.97 Å². The second kappa shape index (κ2) is 4.38. The highest BCUT2D eigenvalue weighted by Gasteiger charge is 2.43. The molecule has 0 bridgehead atoms. The lowest BCUT2D eigenvalue weighted by Crippen LogP contribution is -2.40.